The maximum absolute atomic E-state index is 13.4. The Labute approximate surface area is 211 Å². The summed E-state index contributed by atoms with van der Waals surface area (Å²) in [6, 6.07) is 6.65. The highest BCUT2D eigenvalue weighted by molar-refractivity contribution is 6.06. The lowest BCUT2D eigenvalue weighted by molar-refractivity contribution is -0.144. The van der Waals surface area contributed by atoms with Crippen LogP contribution in [-0.2, 0) is 19.1 Å². The summed E-state index contributed by atoms with van der Waals surface area (Å²) in [6.45, 7) is 4.33. The van der Waals surface area contributed by atoms with Crippen molar-refractivity contribution in [3.05, 3.63) is 42.0 Å². The number of likely N-dealkylation sites (tertiary alicyclic amines) is 1. The van der Waals surface area contributed by atoms with E-state index in [2.05, 4.69) is 17.5 Å². The minimum Gasteiger partial charge on any atom is -0.462 e. The lowest BCUT2D eigenvalue weighted by Crippen LogP contribution is -2.44. The number of hydrogen-bond donors (Lipinski definition) is 1. The van der Waals surface area contributed by atoms with Gasteiger partial charge in [-0.05, 0) is 86.0 Å². The first kappa shape index (κ1) is 23.4. The van der Waals surface area contributed by atoms with Gasteiger partial charge in [-0.2, -0.15) is 0 Å². The van der Waals surface area contributed by atoms with E-state index in [1.165, 1.54) is 6.42 Å². The zero-order valence-corrected chi connectivity index (χ0v) is 20.9. The maximum Gasteiger partial charge on any atom is 0.338 e. The number of benzene rings is 1. The summed E-state index contributed by atoms with van der Waals surface area (Å²) in [6.07, 6.45) is 8.23. The van der Waals surface area contributed by atoms with Gasteiger partial charge in [0.15, 0.2) is 0 Å². The van der Waals surface area contributed by atoms with E-state index in [-0.39, 0.29) is 65.2 Å². The predicted molar refractivity (Wildman–Crippen MR) is 132 cm³/mol. The first-order valence-electron chi connectivity index (χ1n) is 13.5. The van der Waals surface area contributed by atoms with Gasteiger partial charge in [0.2, 0.25) is 17.7 Å². The van der Waals surface area contributed by atoms with E-state index in [9.17, 15) is 19.2 Å². The van der Waals surface area contributed by atoms with Crippen molar-refractivity contribution >= 4 is 29.4 Å². The lowest BCUT2D eigenvalue weighted by Gasteiger charge is -2.37. The van der Waals surface area contributed by atoms with Crippen molar-refractivity contribution in [2.45, 2.75) is 52.0 Å². The van der Waals surface area contributed by atoms with E-state index >= 15 is 0 Å². The van der Waals surface area contributed by atoms with E-state index in [0.717, 1.165) is 0 Å². The molecule has 7 nitrogen and oxygen atoms in total. The minimum absolute atomic E-state index is 0.0367. The van der Waals surface area contributed by atoms with Gasteiger partial charge in [0, 0.05) is 17.6 Å². The molecular weight excluding hydrogens is 456 g/mol. The van der Waals surface area contributed by atoms with Crippen LogP contribution in [0.2, 0.25) is 0 Å². The first-order chi connectivity index (χ1) is 17.3. The van der Waals surface area contributed by atoms with Crippen LogP contribution < -0.4 is 5.32 Å². The van der Waals surface area contributed by atoms with Crippen LogP contribution in [0.1, 0.15) is 56.3 Å². The van der Waals surface area contributed by atoms with Gasteiger partial charge in [-0.1, -0.05) is 26.0 Å². The molecule has 7 heteroatoms. The molecule has 3 saturated carbocycles. The van der Waals surface area contributed by atoms with E-state index in [1.807, 2.05) is 13.8 Å². The molecule has 0 spiro atoms. The lowest BCUT2D eigenvalue weighted by atomic mass is 9.63. The van der Waals surface area contributed by atoms with Crippen molar-refractivity contribution in [1.82, 2.24) is 4.90 Å². The summed E-state index contributed by atoms with van der Waals surface area (Å²) >= 11 is 0. The Hall–Kier alpha value is -2.96. The van der Waals surface area contributed by atoms with Gasteiger partial charge in [0.25, 0.3) is 0 Å². The number of nitrogens with one attached hydrogen (secondary N) is 1. The zero-order valence-electron chi connectivity index (χ0n) is 20.9. The fraction of sp³-hybridized carbons (Fsp3) is 0.586. The molecule has 6 aliphatic rings. The fourth-order valence-electron chi connectivity index (χ4n) is 7.20. The number of carbonyl (C=O) groups excluding carboxylic acids is 4. The third kappa shape index (κ3) is 3.87. The molecule has 0 radical (unpaired) electrons. The largest absolute Gasteiger partial charge is 0.462 e. The van der Waals surface area contributed by atoms with Gasteiger partial charge in [-0.3, -0.25) is 19.3 Å². The highest BCUT2D eigenvalue weighted by atomic mass is 16.5. The molecule has 1 N–H and O–H groups in total. The van der Waals surface area contributed by atoms with Crippen molar-refractivity contribution in [2.24, 2.45) is 47.3 Å². The highest BCUT2D eigenvalue weighted by Crippen LogP contribution is 2.65. The van der Waals surface area contributed by atoms with Crippen LogP contribution in [0, 0.1) is 47.3 Å². The Morgan fingerprint density at radius 2 is 1.53 bits per heavy atom. The fourth-order valence-corrected chi connectivity index (χ4v) is 7.20. The van der Waals surface area contributed by atoms with Crippen LogP contribution in [0.4, 0.5) is 5.69 Å². The van der Waals surface area contributed by atoms with Crippen molar-refractivity contribution in [2.75, 3.05) is 11.9 Å². The van der Waals surface area contributed by atoms with Gasteiger partial charge < -0.3 is 10.1 Å². The van der Waals surface area contributed by atoms with Gasteiger partial charge in [-0.15, -0.1) is 0 Å². The SMILES string of the molecule is CC(C)COC(=O)c1ccc(NC(=O)C2CCC(N3C(=O)C4C5C=CC(C6CC56)C4C3=O)CC2)cc1. The second kappa shape index (κ2) is 8.86. The molecule has 1 aliphatic heterocycles. The van der Waals surface area contributed by atoms with Gasteiger partial charge in [0.05, 0.1) is 24.0 Å². The quantitative estimate of drug-likeness (QED) is 0.369. The molecule has 1 heterocycles. The summed E-state index contributed by atoms with van der Waals surface area (Å²) in [5, 5.41) is 2.95. The number of anilines is 1. The highest BCUT2D eigenvalue weighted by Gasteiger charge is 2.67. The third-order valence-corrected chi connectivity index (χ3v) is 9.07. The van der Waals surface area contributed by atoms with Crippen LogP contribution in [0.15, 0.2) is 36.4 Å². The van der Waals surface area contributed by atoms with Crippen molar-refractivity contribution < 1.29 is 23.9 Å². The standard InChI is InChI=1S/C29H34N2O5/c1-15(2)14-36-29(35)17-3-7-18(8-4-17)30-26(32)16-5-9-19(10-6-16)31-27(33)24-20-11-12-21(23-13-22(20)23)25(24)28(31)34/h3-4,7-8,11-12,15-16,19-25H,5-6,9-10,13-14H2,1-2H3,(H,30,32). The third-order valence-electron chi connectivity index (χ3n) is 9.07. The second-order valence-electron chi connectivity index (χ2n) is 11.8. The van der Waals surface area contributed by atoms with E-state index in [0.29, 0.717) is 55.4 Å². The number of amides is 3. The number of nitrogens with zero attached hydrogens (tertiary/aromatic N) is 1. The van der Waals surface area contributed by atoms with Gasteiger partial charge >= 0.3 is 5.97 Å². The molecule has 5 aliphatic carbocycles. The van der Waals surface area contributed by atoms with Crippen LogP contribution in [-0.4, -0.2) is 41.2 Å². The second-order valence-corrected chi connectivity index (χ2v) is 11.8. The topological polar surface area (TPSA) is 92.8 Å². The minimum atomic E-state index is -0.369. The summed E-state index contributed by atoms with van der Waals surface area (Å²) in [5.41, 5.74) is 1.09. The molecule has 190 valence electrons. The molecule has 1 aromatic rings. The maximum atomic E-state index is 13.4. The molecule has 36 heavy (non-hydrogen) atoms. The summed E-state index contributed by atoms with van der Waals surface area (Å²) in [7, 11) is 0. The first-order valence-corrected chi connectivity index (χ1v) is 13.5. The normalized spacial score (nSPS) is 36.0. The predicted octanol–water partition coefficient (Wildman–Crippen LogP) is 4.05. The Bertz CT molecular complexity index is 1080. The van der Waals surface area contributed by atoms with Crippen molar-refractivity contribution in [1.29, 1.82) is 0 Å². The van der Waals surface area contributed by atoms with Crippen LogP contribution in [0.25, 0.3) is 0 Å². The van der Waals surface area contributed by atoms with Crippen LogP contribution in [0.5, 0.6) is 0 Å². The van der Waals surface area contributed by atoms with E-state index < -0.39 is 0 Å². The Morgan fingerprint density at radius 1 is 0.944 bits per heavy atom. The summed E-state index contributed by atoms with van der Waals surface area (Å²) in [4.78, 5) is 53.3. The number of imide groups is 1. The number of esters is 1. The molecule has 0 aromatic heterocycles. The molecule has 1 saturated heterocycles. The number of ether oxygens (including phenoxy) is 1. The molecule has 3 amide bonds. The Kier molecular flexibility index (Phi) is 5.77. The molecule has 4 fully saturated rings. The molecule has 6 unspecified atom stereocenters. The van der Waals surface area contributed by atoms with Crippen LogP contribution >= 0.6 is 0 Å². The summed E-state index contributed by atoms with van der Waals surface area (Å²) < 4.78 is 5.24. The molecule has 6 atom stereocenters. The molecule has 7 rings (SSSR count). The Morgan fingerprint density at radius 3 is 2.08 bits per heavy atom. The van der Waals surface area contributed by atoms with Crippen molar-refractivity contribution in [3.8, 4) is 0 Å². The number of hydrogen-bond acceptors (Lipinski definition) is 5. The van der Waals surface area contributed by atoms with Crippen molar-refractivity contribution in [3.63, 3.8) is 0 Å². The smallest absolute Gasteiger partial charge is 0.338 e. The Balaban J connectivity index is 1.03. The number of carbonyl (C=O) groups is 4. The van der Waals surface area contributed by atoms with E-state index in [4.69, 9.17) is 4.74 Å². The molecule has 2 bridgehead atoms. The molecular formula is C29H34N2O5. The van der Waals surface area contributed by atoms with E-state index in [1.54, 1.807) is 29.2 Å². The molecule has 1 aromatic carbocycles. The zero-order chi connectivity index (χ0) is 25.1. The van der Waals surface area contributed by atoms with Gasteiger partial charge in [-0.25, -0.2) is 4.79 Å². The van der Waals surface area contributed by atoms with Gasteiger partial charge in [0.1, 0.15) is 0 Å². The number of allylic oxidation sites excluding steroid dienone is 2. The van der Waals surface area contributed by atoms with Crippen LogP contribution in [0.3, 0.4) is 0 Å². The average molecular weight is 491 g/mol. The summed E-state index contributed by atoms with van der Waals surface area (Å²) in [5.74, 6) is 1.17. The monoisotopic (exact) mass is 490 g/mol. The number of rotatable bonds is 6. The average Bonchev–Trinajstić information content (AvgIpc) is 3.66.